The normalized spacial score (nSPS) is 15.2. The van der Waals surface area contributed by atoms with Gasteiger partial charge in [0.05, 0.1) is 0 Å². The molecule has 0 saturated carbocycles. The van der Waals surface area contributed by atoms with Crippen molar-refractivity contribution in [3.8, 4) is 0 Å². The summed E-state index contributed by atoms with van der Waals surface area (Å²) in [5.41, 5.74) is 8.04. The summed E-state index contributed by atoms with van der Waals surface area (Å²) < 4.78 is 0. The molecule has 0 spiro atoms. The summed E-state index contributed by atoms with van der Waals surface area (Å²) in [5, 5.41) is 3.28. The van der Waals surface area contributed by atoms with E-state index in [4.69, 9.17) is 5.73 Å². The van der Waals surface area contributed by atoms with Crippen molar-refractivity contribution in [1.29, 1.82) is 0 Å². The molecule has 5 heteroatoms. The van der Waals surface area contributed by atoms with Crippen molar-refractivity contribution in [2.75, 3.05) is 0 Å². The molecular weight excluding hydrogens is 108 g/mol. The fourth-order valence-corrected chi connectivity index (χ4v) is 0.300. The van der Waals surface area contributed by atoms with E-state index in [1.54, 1.807) is 0 Å². The molecule has 5 nitrogen and oxygen atoms in total. The van der Waals surface area contributed by atoms with Gasteiger partial charge in [-0.3, -0.25) is 4.79 Å². The number of primary amides is 1. The van der Waals surface area contributed by atoms with Crippen molar-refractivity contribution < 1.29 is 4.79 Å². The maximum absolute atomic E-state index is 10.1. The van der Waals surface area contributed by atoms with Crippen LogP contribution in [0.1, 0.15) is 0 Å². The lowest BCUT2D eigenvalue weighted by Gasteiger charge is -1.80. The molecule has 0 unspecified atom stereocenters. The zero-order chi connectivity index (χ0) is 5.98. The third-order valence-corrected chi connectivity index (χ3v) is 0.605. The van der Waals surface area contributed by atoms with Crippen LogP contribution in [0.4, 0.5) is 0 Å². The zero-order valence-corrected chi connectivity index (χ0v) is 3.90. The number of nitrogens with zero attached hydrogens (tertiary/aromatic N) is 3. The number of hydrogen-bond donors (Lipinski definition) is 1. The Labute approximate surface area is 45.3 Å². The summed E-state index contributed by atoms with van der Waals surface area (Å²) in [4.78, 5) is 13.5. The second-order valence-electron chi connectivity index (χ2n) is 1.15. The van der Waals surface area contributed by atoms with Gasteiger partial charge in [-0.2, -0.15) is 0 Å². The first-order chi connectivity index (χ1) is 3.80. The van der Waals surface area contributed by atoms with Crippen molar-refractivity contribution in [3.63, 3.8) is 0 Å². The van der Waals surface area contributed by atoms with Gasteiger partial charge in [0, 0.05) is 0 Å². The standard InChI is InChI=1S/C3H3N4O/c4-2(8)3-5-1-6-7-3/h1H,(H2,4,8). The van der Waals surface area contributed by atoms with E-state index in [1.165, 1.54) is 6.34 Å². The first kappa shape index (κ1) is 4.76. The van der Waals surface area contributed by atoms with Crippen LogP contribution in [0.15, 0.2) is 10.1 Å². The highest BCUT2D eigenvalue weighted by atomic mass is 16.1. The molecule has 41 valence electrons. The molecule has 0 atom stereocenters. The summed E-state index contributed by atoms with van der Waals surface area (Å²) in [6.07, 6.45) is 1.17. The molecule has 1 aliphatic rings. The Balaban J connectivity index is 2.72. The van der Waals surface area contributed by atoms with Gasteiger partial charge in [-0.1, -0.05) is 0 Å². The van der Waals surface area contributed by atoms with Gasteiger partial charge in [0.2, 0.25) is 5.84 Å². The van der Waals surface area contributed by atoms with Gasteiger partial charge < -0.3 is 5.73 Å². The van der Waals surface area contributed by atoms with Crippen LogP contribution in [0.2, 0.25) is 0 Å². The third-order valence-electron chi connectivity index (χ3n) is 0.605. The van der Waals surface area contributed by atoms with E-state index in [2.05, 4.69) is 15.5 Å². The maximum atomic E-state index is 10.1. The van der Waals surface area contributed by atoms with Crippen LogP contribution in [0.25, 0.3) is 0 Å². The summed E-state index contributed by atoms with van der Waals surface area (Å²) in [7, 11) is 0. The minimum Gasteiger partial charge on any atom is -0.363 e. The minimum absolute atomic E-state index is 0.0370. The summed E-state index contributed by atoms with van der Waals surface area (Å²) in [6.45, 7) is 0. The van der Waals surface area contributed by atoms with Gasteiger partial charge in [0.25, 0.3) is 5.91 Å². The molecule has 0 aliphatic carbocycles. The number of nitrogens with two attached hydrogens (primary N) is 1. The van der Waals surface area contributed by atoms with Crippen LogP contribution in [0.5, 0.6) is 0 Å². The Morgan fingerprint density at radius 1 is 1.75 bits per heavy atom. The number of amides is 1. The Hall–Kier alpha value is -1.39. The van der Waals surface area contributed by atoms with Gasteiger partial charge >= 0.3 is 0 Å². The minimum atomic E-state index is -0.650. The number of carbonyl (C=O) groups excluding carboxylic acids is 1. The number of rotatable bonds is 1. The lowest BCUT2D eigenvalue weighted by atomic mass is 10.6. The van der Waals surface area contributed by atoms with Crippen LogP contribution in [-0.2, 0) is 4.79 Å². The van der Waals surface area contributed by atoms with Gasteiger partial charge in [0.15, 0.2) is 0 Å². The Morgan fingerprint density at radius 3 is 2.75 bits per heavy atom. The lowest BCUT2D eigenvalue weighted by Crippen LogP contribution is -2.20. The van der Waals surface area contributed by atoms with Crippen molar-refractivity contribution in [2.24, 2.45) is 15.8 Å². The van der Waals surface area contributed by atoms with Crippen LogP contribution < -0.4 is 11.2 Å². The smallest absolute Gasteiger partial charge is 0.288 e. The average molecular weight is 111 g/mol. The first-order valence-electron chi connectivity index (χ1n) is 1.91. The number of aliphatic imine (C=N–C) groups is 1. The Morgan fingerprint density at radius 2 is 2.50 bits per heavy atom. The predicted octanol–water partition coefficient (Wildman–Crippen LogP) is -1.57. The highest BCUT2D eigenvalue weighted by molar-refractivity contribution is 6.39. The summed E-state index contributed by atoms with van der Waals surface area (Å²) in [5.74, 6) is -0.687. The largest absolute Gasteiger partial charge is 0.363 e. The third kappa shape index (κ3) is 0.651. The zero-order valence-electron chi connectivity index (χ0n) is 3.90. The molecule has 1 rings (SSSR count). The molecule has 0 saturated heterocycles. The van der Waals surface area contributed by atoms with E-state index in [0.717, 1.165) is 0 Å². The van der Waals surface area contributed by atoms with Crippen LogP contribution in [0, 0.1) is 0 Å². The lowest BCUT2D eigenvalue weighted by molar-refractivity contribution is -0.112. The fourth-order valence-electron chi connectivity index (χ4n) is 0.300. The average Bonchev–Trinajstić information content (AvgIpc) is 2.12. The van der Waals surface area contributed by atoms with Crippen LogP contribution in [-0.4, -0.2) is 18.1 Å². The molecule has 1 aliphatic heterocycles. The van der Waals surface area contributed by atoms with Gasteiger partial charge in [-0.25, -0.2) is 4.99 Å². The summed E-state index contributed by atoms with van der Waals surface area (Å²) in [6, 6.07) is 0. The molecule has 8 heavy (non-hydrogen) atoms. The van der Waals surface area contributed by atoms with Gasteiger partial charge in [-0.05, 0) is 0 Å². The van der Waals surface area contributed by atoms with Crippen LogP contribution >= 0.6 is 0 Å². The fraction of sp³-hybridized carbons (Fsp3) is 0. The van der Waals surface area contributed by atoms with Crippen molar-refractivity contribution in [1.82, 2.24) is 5.43 Å². The Kier molecular flexibility index (Phi) is 0.957. The second-order valence-corrected chi connectivity index (χ2v) is 1.15. The summed E-state index contributed by atoms with van der Waals surface area (Å²) >= 11 is 0. The highest BCUT2D eigenvalue weighted by Crippen LogP contribution is 1.82. The Bertz CT molecular complexity index is 170. The van der Waals surface area contributed by atoms with Crippen molar-refractivity contribution in [2.45, 2.75) is 0 Å². The van der Waals surface area contributed by atoms with E-state index < -0.39 is 5.91 Å². The van der Waals surface area contributed by atoms with Crippen LogP contribution in [0.3, 0.4) is 0 Å². The molecule has 0 aromatic carbocycles. The topological polar surface area (TPSA) is 81.9 Å². The van der Waals surface area contributed by atoms with E-state index in [1.807, 2.05) is 0 Å². The highest BCUT2D eigenvalue weighted by Gasteiger charge is 2.07. The molecule has 0 bridgehead atoms. The SMILES string of the molecule is NC(=O)C1=N[N]C=N1. The first-order valence-corrected chi connectivity index (χ1v) is 1.91. The molecule has 1 amide bonds. The van der Waals surface area contributed by atoms with E-state index in [-0.39, 0.29) is 5.84 Å². The molecule has 0 aromatic heterocycles. The molecule has 1 heterocycles. The maximum Gasteiger partial charge on any atom is 0.288 e. The van der Waals surface area contributed by atoms with E-state index in [9.17, 15) is 4.79 Å². The van der Waals surface area contributed by atoms with Gasteiger partial charge in [-0.15, -0.1) is 10.5 Å². The quantitative estimate of drug-likeness (QED) is 0.435. The molecule has 0 fully saturated rings. The number of carbonyl (C=O) groups is 1. The number of amidine groups is 1. The molecule has 0 aromatic rings. The number of hydrogen-bond acceptors (Lipinski definition) is 3. The monoisotopic (exact) mass is 111 g/mol. The van der Waals surface area contributed by atoms with Crippen molar-refractivity contribution in [3.05, 3.63) is 0 Å². The van der Waals surface area contributed by atoms with Crippen molar-refractivity contribution >= 4 is 18.1 Å². The molecular formula is C3H3N4O. The van der Waals surface area contributed by atoms with Gasteiger partial charge in [0.1, 0.15) is 6.34 Å². The predicted molar refractivity (Wildman–Crippen MR) is 27.3 cm³/mol. The molecule has 1 radical (unpaired) electrons. The molecule has 2 N–H and O–H groups in total. The van der Waals surface area contributed by atoms with E-state index in [0.29, 0.717) is 0 Å². The second kappa shape index (κ2) is 1.61. The van der Waals surface area contributed by atoms with E-state index >= 15 is 0 Å².